The number of nitrogens with one attached hydrogen (secondary N) is 1. The molecule has 0 bridgehead atoms. The van der Waals surface area contributed by atoms with E-state index in [9.17, 15) is 9.18 Å². The Bertz CT molecular complexity index is 1050. The first kappa shape index (κ1) is 19.6. The second-order valence-electron chi connectivity index (χ2n) is 5.81. The van der Waals surface area contributed by atoms with Gasteiger partial charge in [-0.1, -0.05) is 11.6 Å². The molecule has 0 radical (unpaired) electrons. The summed E-state index contributed by atoms with van der Waals surface area (Å²) >= 11 is 6.45. The predicted molar refractivity (Wildman–Crippen MR) is 101 cm³/mol. The van der Waals surface area contributed by atoms with Gasteiger partial charge in [0.15, 0.2) is 5.69 Å². The molecule has 146 valence electrons. The molecule has 3 rings (SSSR count). The van der Waals surface area contributed by atoms with Crippen LogP contribution in [0.15, 0.2) is 24.7 Å². The monoisotopic (exact) mass is 405 g/mol. The second-order valence-corrected chi connectivity index (χ2v) is 6.19. The highest BCUT2D eigenvalue weighted by Gasteiger charge is 2.24. The molecule has 0 fully saturated rings. The van der Waals surface area contributed by atoms with E-state index in [0.717, 1.165) is 6.20 Å². The minimum atomic E-state index is -0.595. The van der Waals surface area contributed by atoms with Crippen molar-refractivity contribution in [2.24, 2.45) is 7.05 Å². The molecule has 0 aliphatic carbocycles. The van der Waals surface area contributed by atoms with E-state index in [4.69, 9.17) is 21.1 Å². The molecule has 0 saturated heterocycles. The van der Waals surface area contributed by atoms with E-state index in [1.54, 1.807) is 13.1 Å². The molecule has 0 saturated carbocycles. The maximum atomic E-state index is 13.7. The Morgan fingerprint density at radius 1 is 1.25 bits per heavy atom. The van der Waals surface area contributed by atoms with Gasteiger partial charge >= 0.3 is 0 Å². The first-order valence-corrected chi connectivity index (χ1v) is 8.47. The Kier molecular flexibility index (Phi) is 5.46. The third kappa shape index (κ3) is 3.48. The number of ether oxygens (including phenoxy) is 2. The molecule has 28 heavy (non-hydrogen) atoms. The SMILES string of the molecule is COc1cc(OC)c(-c2c(Cl)c(C(=O)Nc3cncc(F)c3C)nn2C)cn1. The van der Waals surface area contributed by atoms with Gasteiger partial charge in [-0.25, -0.2) is 9.37 Å². The number of amides is 1. The predicted octanol–water partition coefficient (Wildman–Crippen LogP) is 3.25. The zero-order valence-electron chi connectivity index (χ0n) is 15.6. The number of rotatable bonds is 5. The number of nitrogens with zero attached hydrogens (tertiary/aromatic N) is 4. The lowest BCUT2D eigenvalue weighted by Gasteiger charge is -2.10. The number of carbonyl (C=O) groups excluding carboxylic acids is 1. The third-order valence-corrected chi connectivity index (χ3v) is 4.49. The van der Waals surface area contributed by atoms with Gasteiger partial charge in [0.05, 0.1) is 48.6 Å². The summed E-state index contributed by atoms with van der Waals surface area (Å²) in [7, 11) is 4.62. The van der Waals surface area contributed by atoms with Crippen LogP contribution < -0.4 is 14.8 Å². The molecule has 0 unspecified atom stereocenters. The van der Waals surface area contributed by atoms with Crippen LogP contribution in [-0.2, 0) is 7.05 Å². The van der Waals surface area contributed by atoms with Crippen LogP contribution in [0.4, 0.5) is 10.1 Å². The molecule has 1 N–H and O–H groups in total. The van der Waals surface area contributed by atoms with Gasteiger partial charge in [-0.05, 0) is 6.92 Å². The lowest BCUT2D eigenvalue weighted by Crippen LogP contribution is -2.15. The summed E-state index contributed by atoms with van der Waals surface area (Å²) in [6.45, 7) is 1.53. The van der Waals surface area contributed by atoms with E-state index in [1.807, 2.05) is 0 Å². The molecule has 0 aliphatic heterocycles. The van der Waals surface area contributed by atoms with Crippen LogP contribution in [0.3, 0.4) is 0 Å². The largest absolute Gasteiger partial charge is 0.496 e. The molecule has 3 heterocycles. The maximum absolute atomic E-state index is 13.7. The molecule has 0 atom stereocenters. The fourth-order valence-electron chi connectivity index (χ4n) is 2.62. The summed E-state index contributed by atoms with van der Waals surface area (Å²) in [6.07, 6.45) is 3.94. The molecule has 0 spiro atoms. The van der Waals surface area contributed by atoms with Crippen LogP contribution in [-0.4, -0.2) is 39.9 Å². The van der Waals surface area contributed by atoms with Gasteiger partial charge in [0.25, 0.3) is 5.91 Å². The van der Waals surface area contributed by atoms with Crippen LogP contribution in [0.5, 0.6) is 11.6 Å². The summed E-state index contributed by atoms with van der Waals surface area (Å²) in [5, 5.41) is 6.88. The number of carbonyl (C=O) groups is 1. The Morgan fingerprint density at radius 2 is 2.00 bits per heavy atom. The van der Waals surface area contributed by atoms with Crippen molar-refractivity contribution < 1.29 is 18.7 Å². The van der Waals surface area contributed by atoms with Crippen molar-refractivity contribution in [1.29, 1.82) is 0 Å². The van der Waals surface area contributed by atoms with Crippen molar-refractivity contribution in [2.45, 2.75) is 6.92 Å². The normalized spacial score (nSPS) is 10.6. The van der Waals surface area contributed by atoms with Crippen molar-refractivity contribution in [3.05, 3.63) is 46.8 Å². The highest BCUT2D eigenvalue weighted by molar-refractivity contribution is 6.36. The molecule has 0 aromatic carbocycles. The first-order chi connectivity index (χ1) is 13.4. The number of methoxy groups -OCH3 is 2. The highest BCUT2D eigenvalue weighted by atomic mass is 35.5. The van der Waals surface area contributed by atoms with Gasteiger partial charge < -0.3 is 14.8 Å². The van der Waals surface area contributed by atoms with Crippen molar-refractivity contribution in [1.82, 2.24) is 19.7 Å². The van der Waals surface area contributed by atoms with Crippen molar-refractivity contribution in [3.63, 3.8) is 0 Å². The third-order valence-electron chi connectivity index (χ3n) is 4.13. The fourth-order valence-corrected chi connectivity index (χ4v) is 2.97. The zero-order chi connectivity index (χ0) is 20.4. The summed E-state index contributed by atoms with van der Waals surface area (Å²) < 4.78 is 25.6. The maximum Gasteiger partial charge on any atom is 0.277 e. The van der Waals surface area contributed by atoms with Crippen LogP contribution in [0.1, 0.15) is 16.1 Å². The van der Waals surface area contributed by atoms with Crippen LogP contribution >= 0.6 is 11.6 Å². The number of aryl methyl sites for hydroxylation is 1. The molecule has 0 aliphatic rings. The summed E-state index contributed by atoms with van der Waals surface area (Å²) in [4.78, 5) is 20.6. The average molecular weight is 406 g/mol. The second kappa shape index (κ2) is 7.81. The first-order valence-electron chi connectivity index (χ1n) is 8.09. The topological polar surface area (TPSA) is 91.2 Å². The van der Waals surface area contributed by atoms with E-state index < -0.39 is 11.7 Å². The van der Waals surface area contributed by atoms with E-state index in [0.29, 0.717) is 22.9 Å². The van der Waals surface area contributed by atoms with Gasteiger partial charge in [0.1, 0.15) is 11.6 Å². The molecule has 10 heteroatoms. The van der Waals surface area contributed by atoms with E-state index in [1.165, 1.54) is 38.2 Å². The molecule has 1 amide bonds. The van der Waals surface area contributed by atoms with Crippen LogP contribution in [0.2, 0.25) is 5.02 Å². The molecule has 3 aromatic heterocycles. The number of hydrogen-bond acceptors (Lipinski definition) is 6. The van der Waals surface area contributed by atoms with Crippen LogP contribution in [0, 0.1) is 12.7 Å². The fraction of sp³-hybridized carbons (Fsp3) is 0.222. The van der Waals surface area contributed by atoms with E-state index in [2.05, 4.69) is 20.4 Å². The number of aromatic nitrogens is 4. The Morgan fingerprint density at radius 3 is 2.68 bits per heavy atom. The Hall–Kier alpha value is -3.20. The van der Waals surface area contributed by atoms with Crippen molar-refractivity contribution >= 4 is 23.2 Å². The minimum Gasteiger partial charge on any atom is -0.496 e. The number of hydrogen-bond donors (Lipinski definition) is 1. The summed E-state index contributed by atoms with van der Waals surface area (Å²) in [5.41, 5.74) is 1.44. The van der Waals surface area contributed by atoms with Gasteiger partial charge in [0, 0.05) is 24.9 Å². The average Bonchev–Trinajstić information content (AvgIpc) is 2.99. The van der Waals surface area contributed by atoms with Gasteiger partial charge in [-0.15, -0.1) is 0 Å². The molecule has 3 aromatic rings. The lowest BCUT2D eigenvalue weighted by molar-refractivity contribution is 0.102. The van der Waals surface area contributed by atoms with Gasteiger partial charge in [0.2, 0.25) is 5.88 Å². The Labute approximate surface area is 165 Å². The highest BCUT2D eigenvalue weighted by Crippen LogP contribution is 2.37. The standard InChI is InChI=1S/C18H17ClFN5O3/c1-9-11(20)7-21-8-12(9)23-18(26)16-15(19)17(25(2)24-16)10-6-22-14(28-4)5-13(10)27-3/h5-8H,1-4H3,(H,23,26). The summed E-state index contributed by atoms with van der Waals surface area (Å²) in [5.74, 6) is -0.303. The quantitative estimate of drug-likeness (QED) is 0.700. The van der Waals surface area contributed by atoms with Crippen molar-refractivity contribution in [3.8, 4) is 22.9 Å². The lowest BCUT2D eigenvalue weighted by atomic mass is 10.1. The van der Waals surface area contributed by atoms with Gasteiger partial charge in [-0.2, -0.15) is 5.10 Å². The van der Waals surface area contributed by atoms with E-state index >= 15 is 0 Å². The number of anilines is 1. The summed E-state index contributed by atoms with van der Waals surface area (Å²) in [6, 6.07) is 1.60. The number of halogens is 2. The Balaban J connectivity index is 2.01. The van der Waals surface area contributed by atoms with Crippen LogP contribution in [0.25, 0.3) is 11.3 Å². The molecular weight excluding hydrogens is 389 g/mol. The minimum absolute atomic E-state index is 0.0271. The molecular formula is C18H17ClFN5O3. The van der Waals surface area contributed by atoms with Crippen molar-refractivity contribution in [2.75, 3.05) is 19.5 Å². The number of pyridine rings is 2. The zero-order valence-corrected chi connectivity index (χ0v) is 16.3. The van der Waals surface area contributed by atoms with Gasteiger partial charge in [-0.3, -0.25) is 14.5 Å². The smallest absolute Gasteiger partial charge is 0.277 e. The molecule has 8 nitrogen and oxygen atoms in total. The van der Waals surface area contributed by atoms with E-state index in [-0.39, 0.29) is 22.0 Å².